The van der Waals surface area contributed by atoms with E-state index in [1.807, 2.05) is 0 Å². The molecule has 0 aliphatic carbocycles. The second-order valence-electron chi connectivity index (χ2n) is 4.77. The van der Waals surface area contributed by atoms with Gasteiger partial charge in [-0.05, 0) is 25.9 Å². The van der Waals surface area contributed by atoms with Gasteiger partial charge in [0.25, 0.3) is 0 Å². The van der Waals surface area contributed by atoms with E-state index in [2.05, 4.69) is 15.5 Å². The van der Waals surface area contributed by atoms with E-state index in [0.717, 1.165) is 65.3 Å². The van der Waals surface area contributed by atoms with Crippen molar-refractivity contribution in [3.05, 3.63) is 0 Å². The molecule has 0 aromatic carbocycles. The molecule has 0 bridgehead atoms. The summed E-state index contributed by atoms with van der Waals surface area (Å²) in [5.74, 6) is 0.459. The quantitative estimate of drug-likeness (QED) is 0.692. The molecule has 2 fully saturated rings. The SMILES string of the molecule is O=C(NCCN1CCOCC1)C1CCNCC1. The Morgan fingerprint density at radius 3 is 2.71 bits per heavy atom. The Kier molecular flexibility index (Phi) is 5.22. The van der Waals surface area contributed by atoms with Crippen LogP contribution in [0.1, 0.15) is 12.8 Å². The largest absolute Gasteiger partial charge is 0.379 e. The molecule has 2 saturated heterocycles. The first-order valence-electron chi connectivity index (χ1n) is 6.65. The summed E-state index contributed by atoms with van der Waals surface area (Å²) in [6.07, 6.45) is 1.95. The van der Waals surface area contributed by atoms with Gasteiger partial charge >= 0.3 is 0 Å². The third-order valence-electron chi connectivity index (χ3n) is 3.54. The summed E-state index contributed by atoms with van der Waals surface area (Å²) >= 11 is 0. The normalized spacial score (nSPS) is 23.5. The van der Waals surface area contributed by atoms with E-state index in [9.17, 15) is 4.79 Å². The number of nitrogens with zero attached hydrogens (tertiary/aromatic N) is 1. The van der Waals surface area contributed by atoms with E-state index in [4.69, 9.17) is 4.74 Å². The minimum absolute atomic E-state index is 0.223. The van der Waals surface area contributed by atoms with Crippen molar-refractivity contribution in [2.24, 2.45) is 5.92 Å². The Morgan fingerprint density at radius 2 is 2.00 bits per heavy atom. The molecule has 0 unspecified atom stereocenters. The molecule has 5 heteroatoms. The van der Waals surface area contributed by atoms with Crippen LogP contribution in [0.4, 0.5) is 0 Å². The van der Waals surface area contributed by atoms with Gasteiger partial charge in [0.15, 0.2) is 0 Å². The number of amides is 1. The first kappa shape index (κ1) is 12.8. The zero-order chi connectivity index (χ0) is 11.9. The van der Waals surface area contributed by atoms with Crippen LogP contribution in [0.3, 0.4) is 0 Å². The van der Waals surface area contributed by atoms with Crippen molar-refractivity contribution in [2.45, 2.75) is 12.8 Å². The van der Waals surface area contributed by atoms with Crippen LogP contribution in [0.5, 0.6) is 0 Å². The summed E-state index contributed by atoms with van der Waals surface area (Å²) in [4.78, 5) is 14.2. The summed E-state index contributed by atoms with van der Waals surface area (Å²) in [6, 6.07) is 0. The summed E-state index contributed by atoms with van der Waals surface area (Å²) in [5, 5.41) is 6.33. The highest BCUT2D eigenvalue weighted by molar-refractivity contribution is 5.78. The number of carbonyl (C=O) groups excluding carboxylic acids is 1. The van der Waals surface area contributed by atoms with E-state index in [0.29, 0.717) is 0 Å². The molecule has 98 valence electrons. The maximum atomic E-state index is 11.9. The van der Waals surface area contributed by atoms with E-state index in [1.54, 1.807) is 0 Å². The number of hydrogen-bond donors (Lipinski definition) is 2. The van der Waals surface area contributed by atoms with Crippen LogP contribution in [0.25, 0.3) is 0 Å². The molecular weight excluding hydrogens is 218 g/mol. The molecule has 0 atom stereocenters. The molecule has 1 amide bonds. The number of piperidine rings is 1. The van der Waals surface area contributed by atoms with Crippen molar-refractivity contribution < 1.29 is 9.53 Å². The predicted octanol–water partition coefficient (Wildman–Crippen LogP) is -0.566. The van der Waals surface area contributed by atoms with Gasteiger partial charge in [0.1, 0.15) is 0 Å². The van der Waals surface area contributed by atoms with E-state index < -0.39 is 0 Å². The van der Waals surface area contributed by atoms with Gasteiger partial charge in [0, 0.05) is 32.1 Å². The van der Waals surface area contributed by atoms with Gasteiger partial charge in [-0.2, -0.15) is 0 Å². The van der Waals surface area contributed by atoms with Crippen LogP contribution < -0.4 is 10.6 Å². The Hall–Kier alpha value is -0.650. The highest BCUT2D eigenvalue weighted by Crippen LogP contribution is 2.10. The first-order valence-corrected chi connectivity index (χ1v) is 6.65. The molecular formula is C12H23N3O2. The van der Waals surface area contributed by atoms with Crippen LogP contribution in [-0.4, -0.2) is 63.3 Å². The van der Waals surface area contributed by atoms with Gasteiger partial charge in [-0.1, -0.05) is 0 Å². The first-order chi connectivity index (χ1) is 8.36. The molecule has 0 spiro atoms. The third-order valence-corrected chi connectivity index (χ3v) is 3.54. The molecule has 2 rings (SSSR count). The molecule has 2 aliphatic rings. The summed E-state index contributed by atoms with van der Waals surface area (Å²) in [6.45, 7) is 7.28. The van der Waals surface area contributed by atoms with Gasteiger partial charge in [-0.25, -0.2) is 0 Å². The van der Waals surface area contributed by atoms with Crippen LogP contribution in [0.15, 0.2) is 0 Å². The lowest BCUT2D eigenvalue weighted by molar-refractivity contribution is -0.125. The standard InChI is InChI=1S/C12H23N3O2/c16-12(11-1-3-13-4-2-11)14-5-6-15-7-9-17-10-8-15/h11,13H,1-10H2,(H,14,16). The second-order valence-corrected chi connectivity index (χ2v) is 4.77. The van der Waals surface area contributed by atoms with Crippen molar-refractivity contribution in [3.8, 4) is 0 Å². The number of morpholine rings is 1. The second kappa shape index (κ2) is 6.93. The van der Waals surface area contributed by atoms with E-state index >= 15 is 0 Å². The topological polar surface area (TPSA) is 53.6 Å². The lowest BCUT2D eigenvalue weighted by atomic mass is 9.97. The van der Waals surface area contributed by atoms with E-state index in [1.165, 1.54) is 0 Å². The van der Waals surface area contributed by atoms with Gasteiger partial charge in [0.2, 0.25) is 5.91 Å². The molecule has 5 nitrogen and oxygen atoms in total. The van der Waals surface area contributed by atoms with Crippen molar-refractivity contribution in [1.82, 2.24) is 15.5 Å². The van der Waals surface area contributed by atoms with Crippen LogP contribution in [-0.2, 0) is 9.53 Å². The molecule has 0 aromatic rings. The lowest BCUT2D eigenvalue weighted by Crippen LogP contribution is -2.43. The maximum Gasteiger partial charge on any atom is 0.223 e. The number of rotatable bonds is 4. The molecule has 2 aliphatic heterocycles. The number of nitrogens with one attached hydrogen (secondary N) is 2. The fourth-order valence-electron chi connectivity index (χ4n) is 2.39. The third kappa shape index (κ3) is 4.26. The smallest absolute Gasteiger partial charge is 0.223 e. The minimum Gasteiger partial charge on any atom is -0.379 e. The Labute approximate surface area is 103 Å². The van der Waals surface area contributed by atoms with Crippen LogP contribution >= 0.6 is 0 Å². The fraction of sp³-hybridized carbons (Fsp3) is 0.917. The zero-order valence-electron chi connectivity index (χ0n) is 10.4. The zero-order valence-corrected chi connectivity index (χ0v) is 10.4. The molecule has 2 heterocycles. The van der Waals surface area contributed by atoms with Crippen molar-refractivity contribution in [1.29, 1.82) is 0 Å². The lowest BCUT2D eigenvalue weighted by Gasteiger charge is -2.27. The van der Waals surface area contributed by atoms with Gasteiger partial charge in [-0.3, -0.25) is 9.69 Å². The maximum absolute atomic E-state index is 11.9. The average molecular weight is 241 g/mol. The number of carbonyl (C=O) groups is 1. The highest BCUT2D eigenvalue weighted by atomic mass is 16.5. The summed E-state index contributed by atoms with van der Waals surface area (Å²) in [5.41, 5.74) is 0. The summed E-state index contributed by atoms with van der Waals surface area (Å²) < 4.78 is 5.29. The number of hydrogen-bond acceptors (Lipinski definition) is 4. The van der Waals surface area contributed by atoms with Crippen molar-refractivity contribution >= 4 is 5.91 Å². The van der Waals surface area contributed by atoms with E-state index in [-0.39, 0.29) is 11.8 Å². The Balaban J connectivity index is 1.58. The van der Waals surface area contributed by atoms with Gasteiger partial charge in [-0.15, -0.1) is 0 Å². The van der Waals surface area contributed by atoms with Crippen molar-refractivity contribution in [2.75, 3.05) is 52.5 Å². The Morgan fingerprint density at radius 1 is 1.29 bits per heavy atom. The molecule has 0 radical (unpaired) electrons. The predicted molar refractivity (Wildman–Crippen MR) is 65.9 cm³/mol. The van der Waals surface area contributed by atoms with Gasteiger partial charge < -0.3 is 15.4 Å². The van der Waals surface area contributed by atoms with Gasteiger partial charge in [0.05, 0.1) is 13.2 Å². The minimum atomic E-state index is 0.223. The Bertz CT molecular complexity index is 236. The molecule has 2 N–H and O–H groups in total. The van der Waals surface area contributed by atoms with Crippen molar-refractivity contribution in [3.63, 3.8) is 0 Å². The van der Waals surface area contributed by atoms with Crippen LogP contribution in [0.2, 0.25) is 0 Å². The average Bonchev–Trinajstić information content (AvgIpc) is 2.41. The van der Waals surface area contributed by atoms with Crippen LogP contribution in [0, 0.1) is 5.92 Å². The summed E-state index contributed by atoms with van der Waals surface area (Å²) in [7, 11) is 0. The molecule has 17 heavy (non-hydrogen) atoms. The molecule has 0 aromatic heterocycles. The molecule has 0 saturated carbocycles. The highest BCUT2D eigenvalue weighted by Gasteiger charge is 2.20. The number of ether oxygens (including phenoxy) is 1. The monoisotopic (exact) mass is 241 g/mol. The fourth-order valence-corrected chi connectivity index (χ4v) is 2.39.